The fraction of sp³-hybridized carbons (Fsp3) is 0.278. The number of carbonyl (C=O) groups is 1. The molecule has 0 saturated heterocycles. The molecule has 1 unspecified atom stereocenters. The third-order valence-electron chi connectivity index (χ3n) is 3.57. The van der Waals surface area contributed by atoms with E-state index in [1.165, 1.54) is 0 Å². The van der Waals surface area contributed by atoms with Crippen LogP contribution in [0.5, 0.6) is 0 Å². The summed E-state index contributed by atoms with van der Waals surface area (Å²) in [6.45, 7) is 3.10. The van der Waals surface area contributed by atoms with Crippen LogP contribution in [0.25, 0.3) is 0 Å². The molecule has 1 amide bonds. The number of benzene rings is 2. The van der Waals surface area contributed by atoms with Gasteiger partial charge in [-0.1, -0.05) is 54.1 Å². The highest BCUT2D eigenvalue weighted by atomic mass is 35.5. The van der Waals surface area contributed by atoms with E-state index in [-0.39, 0.29) is 5.91 Å². The Morgan fingerprint density at radius 1 is 1.14 bits per heavy atom. The first kappa shape index (κ1) is 16.5. The molecule has 3 nitrogen and oxygen atoms in total. The van der Waals surface area contributed by atoms with Crippen LogP contribution in [0.2, 0.25) is 5.02 Å². The molecule has 0 aromatic heterocycles. The number of amides is 1. The van der Waals surface area contributed by atoms with Crippen molar-refractivity contribution in [2.24, 2.45) is 5.73 Å². The molecule has 0 heterocycles. The van der Waals surface area contributed by atoms with Crippen molar-refractivity contribution in [2.75, 3.05) is 6.54 Å². The van der Waals surface area contributed by atoms with Crippen LogP contribution in [-0.2, 0) is 17.8 Å². The standard InChI is InChI=1S/C18H21ClN2O/c1-2-21(13-15-9-6-10-16(19)11-15)18(22)17(20)12-14-7-4-3-5-8-14/h3-11,17H,2,12-13,20H2,1H3. The van der Waals surface area contributed by atoms with Gasteiger partial charge in [-0.15, -0.1) is 0 Å². The molecular formula is C18H21ClN2O. The molecule has 0 aliphatic rings. The molecule has 2 aromatic carbocycles. The normalized spacial score (nSPS) is 12.0. The van der Waals surface area contributed by atoms with E-state index in [1.807, 2.05) is 61.5 Å². The predicted octanol–water partition coefficient (Wildman–Crippen LogP) is 3.26. The first-order valence-corrected chi connectivity index (χ1v) is 7.80. The zero-order valence-electron chi connectivity index (χ0n) is 12.7. The molecular weight excluding hydrogens is 296 g/mol. The number of hydrogen-bond acceptors (Lipinski definition) is 2. The molecule has 0 spiro atoms. The Hall–Kier alpha value is -1.84. The lowest BCUT2D eigenvalue weighted by Gasteiger charge is -2.24. The van der Waals surface area contributed by atoms with E-state index in [1.54, 1.807) is 4.90 Å². The Morgan fingerprint density at radius 3 is 2.45 bits per heavy atom. The molecule has 116 valence electrons. The maximum Gasteiger partial charge on any atom is 0.240 e. The molecule has 0 fully saturated rings. The number of halogens is 1. The lowest BCUT2D eigenvalue weighted by Crippen LogP contribution is -2.44. The van der Waals surface area contributed by atoms with Crippen molar-refractivity contribution in [1.29, 1.82) is 0 Å². The van der Waals surface area contributed by atoms with Crippen LogP contribution in [0, 0.1) is 0 Å². The van der Waals surface area contributed by atoms with Gasteiger partial charge in [-0.3, -0.25) is 4.79 Å². The maximum absolute atomic E-state index is 12.5. The highest BCUT2D eigenvalue weighted by Gasteiger charge is 2.20. The van der Waals surface area contributed by atoms with Gasteiger partial charge in [0, 0.05) is 18.1 Å². The second kappa shape index (κ2) is 7.97. The number of carbonyl (C=O) groups excluding carboxylic acids is 1. The third-order valence-corrected chi connectivity index (χ3v) is 3.81. The van der Waals surface area contributed by atoms with Gasteiger partial charge < -0.3 is 10.6 Å². The van der Waals surface area contributed by atoms with Crippen LogP contribution in [0.1, 0.15) is 18.1 Å². The first-order chi connectivity index (χ1) is 10.6. The number of hydrogen-bond donors (Lipinski definition) is 1. The van der Waals surface area contributed by atoms with Crippen LogP contribution in [0.15, 0.2) is 54.6 Å². The second-order valence-electron chi connectivity index (χ2n) is 5.28. The lowest BCUT2D eigenvalue weighted by molar-refractivity contribution is -0.133. The monoisotopic (exact) mass is 316 g/mol. The van der Waals surface area contributed by atoms with Crippen molar-refractivity contribution >= 4 is 17.5 Å². The summed E-state index contributed by atoms with van der Waals surface area (Å²) in [4.78, 5) is 14.3. The van der Waals surface area contributed by atoms with Crippen molar-refractivity contribution in [1.82, 2.24) is 4.90 Å². The van der Waals surface area contributed by atoms with E-state index in [0.717, 1.165) is 11.1 Å². The van der Waals surface area contributed by atoms with Crippen LogP contribution < -0.4 is 5.73 Å². The molecule has 0 saturated carbocycles. The molecule has 2 rings (SSSR count). The minimum Gasteiger partial charge on any atom is -0.337 e. The van der Waals surface area contributed by atoms with Gasteiger partial charge in [0.2, 0.25) is 5.91 Å². The fourth-order valence-corrected chi connectivity index (χ4v) is 2.60. The summed E-state index contributed by atoms with van der Waals surface area (Å²) in [5.74, 6) is -0.0358. The summed E-state index contributed by atoms with van der Waals surface area (Å²) in [5.41, 5.74) is 8.17. The zero-order chi connectivity index (χ0) is 15.9. The lowest BCUT2D eigenvalue weighted by atomic mass is 10.1. The van der Waals surface area contributed by atoms with Gasteiger partial charge in [0.05, 0.1) is 6.04 Å². The average molecular weight is 317 g/mol. The molecule has 0 bridgehead atoms. The third kappa shape index (κ3) is 4.58. The Bertz CT molecular complexity index is 615. The van der Waals surface area contributed by atoms with Crippen molar-refractivity contribution < 1.29 is 4.79 Å². The van der Waals surface area contributed by atoms with Crippen LogP contribution in [0.3, 0.4) is 0 Å². The van der Waals surface area contributed by atoms with Crippen molar-refractivity contribution in [2.45, 2.75) is 25.9 Å². The van der Waals surface area contributed by atoms with Crippen molar-refractivity contribution in [3.8, 4) is 0 Å². The first-order valence-electron chi connectivity index (χ1n) is 7.43. The van der Waals surface area contributed by atoms with E-state index in [4.69, 9.17) is 17.3 Å². The van der Waals surface area contributed by atoms with Crippen LogP contribution in [0.4, 0.5) is 0 Å². The van der Waals surface area contributed by atoms with Gasteiger partial charge >= 0.3 is 0 Å². The van der Waals surface area contributed by atoms with E-state index in [0.29, 0.717) is 24.5 Å². The topological polar surface area (TPSA) is 46.3 Å². The van der Waals surface area contributed by atoms with Gasteiger partial charge in [0.1, 0.15) is 0 Å². The summed E-state index contributed by atoms with van der Waals surface area (Å²) in [7, 11) is 0. The smallest absolute Gasteiger partial charge is 0.240 e. The maximum atomic E-state index is 12.5. The quantitative estimate of drug-likeness (QED) is 0.889. The number of nitrogens with zero attached hydrogens (tertiary/aromatic N) is 1. The highest BCUT2D eigenvalue weighted by Crippen LogP contribution is 2.13. The largest absolute Gasteiger partial charge is 0.337 e. The molecule has 0 radical (unpaired) electrons. The summed E-state index contributed by atoms with van der Waals surface area (Å²) in [6, 6.07) is 16.9. The van der Waals surface area contributed by atoms with Crippen LogP contribution >= 0.6 is 11.6 Å². The SMILES string of the molecule is CCN(Cc1cccc(Cl)c1)C(=O)C(N)Cc1ccccc1. The van der Waals surface area contributed by atoms with Crippen LogP contribution in [-0.4, -0.2) is 23.4 Å². The van der Waals surface area contributed by atoms with E-state index < -0.39 is 6.04 Å². The van der Waals surface area contributed by atoms with Gasteiger partial charge in [-0.25, -0.2) is 0 Å². The fourth-order valence-electron chi connectivity index (χ4n) is 2.39. The molecule has 2 aromatic rings. The minimum absolute atomic E-state index is 0.0358. The Labute approximate surface area is 136 Å². The molecule has 4 heteroatoms. The van der Waals surface area contributed by atoms with Gasteiger partial charge in [0.25, 0.3) is 0 Å². The molecule has 0 aliphatic heterocycles. The Kier molecular flexibility index (Phi) is 5.99. The summed E-state index contributed by atoms with van der Waals surface area (Å²) >= 11 is 5.99. The molecule has 0 aliphatic carbocycles. The Balaban J connectivity index is 2.01. The second-order valence-corrected chi connectivity index (χ2v) is 5.71. The predicted molar refractivity (Wildman–Crippen MR) is 90.7 cm³/mol. The zero-order valence-corrected chi connectivity index (χ0v) is 13.5. The highest BCUT2D eigenvalue weighted by molar-refractivity contribution is 6.30. The van der Waals surface area contributed by atoms with Gasteiger partial charge in [-0.2, -0.15) is 0 Å². The van der Waals surface area contributed by atoms with Crippen molar-refractivity contribution in [3.05, 3.63) is 70.7 Å². The summed E-state index contributed by atoms with van der Waals surface area (Å²) < 4.78 is 0. The summed E-state index contributed by atoms with van der Waals surface area (Å²) in [6.07, 6.45) is 0.547. The number of nitrogens with two attached hydrogens (primary N) is 1. The van der Waals surface area contributed by atoms with E-state index >= 15 is 0 Å². The molecule has 2 N–H and O–H groups in total. The number of rotatable bonds is 6. The summed E-state index contributed by atoms with van der Waals surface area (Å²) in [5, 5.41) is 0.676. The Morgan fingerprint density at radius 2 is 1.82 bits per heavy atom. The van der Waals surface area contributed by atoms with Gasteiger partial charge in [0.15, 0.2) is 0 Å². The molecule has 1 atom stereocenters. The minimum atomic E-state index is -0.526. The number of likely N-dealkylation sites (N-methyl/N-ethyl adjacent to an activating group) is 1. The van der Waals surface area contributed by atoms with Crippen molar-refractivity contribution in [3.63, 3.8) is 0 Å². The van der Waals surface area contributed by atoms with Gasteiger partial charge in [-0.05, 0) is 36.6 Å². The van der Waals surface area contributed by atoms with E-state index in [2.05, 4.69) is 0 Å². The van der Waals surface area contributed by atoms with E-state index in [9.17, 15) is 4.79 Å². The average Bonchev–Trinajstić information content (AvgIpc) is 2.53. The molecule has 22 heavy (non-hydrogen) atoms.